The van der Waals surface area contributed by atoms with Crippen molar-refractivity contribution in [3.8, 4) is 0 Å². The monoisotopic (exact) mass is 356 g/mol. The van der Waals surface area contributed by atoms with Crippen molar-refractivity contribution < 1.29 is 4.74 Å². The second-order valence-corrected chi connectivity index (χ2v) is 7.70. The molecule has 0 aliphatic heterocycles. The van der Waals surface area contributed by atoms with Crippen LogP contribution in [0, 0.1) is 5.92 Å². The third kappa shape index (κ3) is 3.57. The Kier molecular flexibility index (Phi) is 5.40. The Labute approximate surface area is 163 Å². The molecule has 1 fully saturated rings. The minimum Gasteiger partial charge on any atom is -0.357 e. The summed E-state index contributed by atoms with van der Waals surface area (Å²) in [6, 6.07) is 32.1. The second-order valence-electron chi connectivity index (χ2n) is 7.70. The van der Waals surface area contributed by atoms with E-state index in [9.17, 15) is 0 Å². The number of benzene rings is 3. The zero-order chi connectivity index (χ0) is 18.5. The maximum atomic E-state index is 7.15. The average Bonchev–Trinajstić information content (AvgIpc) is 2.75. The Morgan fingerprint density at radius 3 is 1.44 bits per heavy atom. The van der Waals surface area contributed by atoms with Crippen LogP contribution in [-0.4, -0.2) is 6.10 Å². The molecule has 0 saturated heterocycles. The maximum absolute atomic E-state index is 7.15. The molecule has 27 heavy (non-hydrogen) atoms. The predicted molar refractivity (Wildman–Crippen MR) is 112 cm³/mol. The second kappa shape index (κ2) is 8.10. The van der Waals surface area contributed by atoms with Crippen molar-refractivity contribution >= 4 is 0 Å². The lowest BCUT2D eigenvalue weighted by molar-refractivity contribution is -0.0851. The quantitative estimate of drug-likeness (QED) is 0.470. The van der Waals surface area contributed by atoms with Gasteiger partial charge in [0.25, 0.3) is 0 Å². The number of rotatable bonds is 5. The van der Waals surface area contributed by atoms with E-state index in [1.807, 2.05) is 0 Å². The highest BCUT2D eigenvalue weighted by Crippen LogP contribution is 2.44. The summed E-state index contributed by atoms with van der Waals surface area (Å²) < 4.78 is 7.15. The molecule has 1 nitrogen and oxygen atoms in total. The van der Waals surface area contributed by atoms with Gasteiger partial charge >= 0.3 is 0 Å². The van der Waals surface area contributed by atoms with Crippen LogP contribution < -0.4 is 0 Å². The minimum absolute atomic E-state index is 0.263. The first-order chi connectivity index (χ1) is 13.3. The van der Waals surface area contributed by atoms with E-state index >= 15 is 0 Å². The normalized spacial score (nSPS) is 20.3. The van der Waals surface area contributed by atoms with Gasteiger partial charge in [0.1, 0.15) is 5.60 Å². The summed E-state index contributed by atoms with van der Waals surface area (Å²) in [6.07, 6.45) is 5.22. The molecule has 0 N–H and O–H groups in total. The van der Waals surface area contributed by atoms with Crippen molar-refractivity contribution in [3.63, 3.8) is 0 Å². The summed E-state index contributed by atoms with van der Waals surface area (Å²) in [5.74, 6) is 0.578. The number of ether oxygens (including phenoxy) is 1. The van der Waals surface area contributed by atoms with Gasteiger partial charge in [0.15, 0.2) is 0 Å². The van der Waals surface area contributed by atoms with Gasteiger partial charge in [0.05, 0.1) is 6.10 Å². The van der Waals surface area contributed by atoms with E-state index in [2.05, 4.69) is 97.9 Å². The standard InChI is InChI=1S/C26H28O/c1-21-13-11-12-20-25(21)27-26(22-14-5-2-6-15-22,23-16-7-3-8-17-23)24-18-9-4-10-19-24/h2-10,14-19,21,25H,11-13,20H2,1H3. The summed E-state index contributed by atoms with van der Waals surface area (Å²) in [5.41, 5.74) is 3.00. The van der Waals surface area contributed by atoms with Crippen molar-refractivity contribution in [3.05, 3.63) is 108 Å². The van der Waals surface area contributed by atoms with Crippen LogP contribution in [0.4, 0.5) is 0 Å². The molecule has 138 valence electrons. The lowest BCUT2D eigenvalue weighted by Crippen LogP contribution is -2.40. The van der Waals surface area contributed by atoms with Gasteiger partial charge in [-0.05, 0) is 35.4 Å². The van der Waals surface area contributed by atoms with Crippen LogP contribution in [0.2, 0.25) is 0 Å². The van der Waals surface area contributed by atoms with Gasteiger partial charge in [-0.25, -0.2) is 0 Å². The summed E-state index contributed by atoms with van der Waals surface area (Å²) in [4.78, 5) is 0. The van der Waals surface area contributed by atoms with Crippen LogP contribution in [0.3, 0.4) is 0 Å². The first-order valence-corrected chi connectivity index (χ1v) is 10.1. The smallest absolute Gasteiger partial charge is 0.144 e. The van der Waals surface area contributed by atoms with Gasteiger partial charge < -0.3 is 4.74 Å². The van der Waals surface area contributed by atoms with Crippen LogP contribution in [0.1, 0.15) is 49.3 Å². The predicted octanol–water partition coefficient (Wildman–Crippen LogP) is 6.57. The lowest BCUT2D eigenvalue weighted by Gasteiger charge is -2.42. The van der Waals surface area contributed by atoms with E-state index in [-0.39, 0.29) is 6.10 Å². The van der Waals surface area contributed by atoms with E-state index in [0.29, 0.717) is 5.92 Å². The molecule has 3 aromatic rings. The Bertz CT molecular complexity index is 729. The van der Waals surface area contributed by atoms with Crippen molar-refractivity contribution in [2.24, 2.45) is 5.92 Å². The first kappa shape index (κ1) is 18.0. The van der Waals surface area contributed by atoms with Crippen LogP contribution in [0.15, 0.2) is 91.0 Å². The van der Waals surface area contributed by atoms with Gasteiger partial charge in [-0.15, -0.1) is 0 Å². The van der Waals surface area contributed by atoms with E-state index in [0.717, 1.165) is 6.42 Å². The highest BCUT2D eigenvalue weighted by Gasteiger charge is 2.41. The fourth-order valence-corrected chi connectivity index (χ4v) is 4.41. The number of hydrogen-bond acceptors (Lipinski definition) is 1. The molecule has 1 heteroatoms. The Morgan fingerprint density at radius 2 is 1.04 bits per heavy atom. The zero-order valence-corrected chi connectivity index (χ0v) is 16.1. The van der Waals surface area contributed by atoms with Gasteiger partial charge in [-0.2, -0.15) is 0 Å². The SMILES string of the molecule is CC1CCCCC1OC(c1ccccc1)(c1ccccc1)c1ccccc1. The van der Waals surface area contributed by atoms with E-state index in [4.69, 9.17) is 4.74 Å². The fourth-order valence-electron chi connectivity index (χ4n) is 4.41. The molecule has 0 spiro atoms. The van der Waals surface area contributed by atoms with Crippen molar-refractivity contribution in [2.45, 2.75) is 44.3 Å². The summed E-state index contributed by atoms with van der Waals surface area (Å²) in [6.45, 7) is 2.34. The van der Waals surface area contributed by atoms with E-state index < -0.39 is 5.60 Å². The average molecular weight is 357 g/mol. The third-order valence-corrected chi connectivity index (χ3v) is 5.90. The van der Waals surface area contributed by atoms with Gasteiger partial charge in [-0.3, -0.25) is 0 Å². The molecular weight excluding hydrogens is 328 g/mol. The van der Waals surface area contributed by atoms with Crippen LogP contribution in [0.25, 0.3) is 0 Å². The fraction of sp³-hybridized carbons (Fsp3) is 0.308. The molecular formula is C26H28O. The summed E-state index contributed by atoms with van der Waals surface area (Å²) in [7, 11) is 0. The molecule has 0 radical (unpaired) electrons. The van der Waals surface area contributed by atoms with E-state index in [1.54, 1.807) is 0 Å². The molecule has 3 aromatic carbocycles. The van der Waals surface area contributed by atoms with Crippen LogP contribution in [0.5, 0.6) is 0 Å². The van der Waals surface area contributed by atoms with Crippen molar-refractivity contribution in [1.29, 1.82) is 0 Å². The largest absolute Gasteiger partial charge is 0.357 e. The first-order valence-electron chi connectivity index (χ1n) is 10.1. The Hall–Kier alpha value is -2.38. The molecule has 2 atom stereocenters. The molecule has 0 heterocycles. The number of hydrogen-bond donors (Lipinski definition) is 0. The minimum atomic E-state index is -0.583. The zero-order valence-electron chi connectivity index (χ0n) is 16.1. The molecule has 2 unspecified atom stereocenters. The van der Waals surface area contributed by atoms with Crippen molar-refractivity contribution in [1.82, 2.24) is 0 Å². The lowest BCUT2D eigenvalue weighted by atomic mass is 9.78. The molecule has 1 aliphatic rings. The van der Waals surface area contributed by atoms with E-state index in [1.165, 1.54) is 36.0 Å². The summed E-state index contributed by atoms with van der Waals surface area (Å²) >= 11 is 0. The highest BCUT2D eigenvalue weighted by atomic mass is 16.5. The van der Waals surface area contributed by atoms with Crippen LogP contribution >= 0.6 is 0 Å². The molecule has 1 saturated carbocycles. The third-order valence-electron chi connectivity index (χ3n) is 5.90. The van der Waals surface area contributed by atoms with Crippen LogP contribution in [-0.2, 0) is 10.3 Å². The molecule has 0 amide bonds. The molecule has 4 rings (SSSR count). The molecule has 0 aromatic heterocycles. The van der Waals surface area contributed by atoms with Gasteiger partial charge in [0, 0.05) is 0 Å². The van der Waals surface area contributed by atoms with Gasteiger partial charge in [0.2, 0.25) is 0 Å². The molecule has 0 bridgehead atoms. The highest BCUT2D eigenvalue weighted by molar-refractivity contribution is 5.47. The Balaban J connectivity index is 1.91. The van der Waals surface area contributed by atoms with Gasteiger partial charge in [-0.1, -0.05) is 111 Å². The summed E-state index contributed by atoms with van der Waals surface area (Å²) in [5, 5.41) is 0. The maximum Gasteiger partial charge on any atom is 0.144 e. The topological polar surface area (TPSA) is 9.23 Å². The Morgan fingerprint density at radius 1 is 0.630 bits per heavy atom. The van der Waals surface area contributed by atoms with Crippen molar-refractivity contribution in [2.75, 3.05) is 0 Å². The molecule has 1 aliphatic carbocycles.